The fourth-order valence-electron chi connectivity index (χ4n) is 3.20. The van der Waals surface area contributed by atoms with Crippen LogP contribution in [0.1, 0.15) is 69.9 Å². The van der Waals surface area contributed by atoms with E-state index in [-0.39, 0.29) is 5.82 Å². The molecular weight excluding hydrogens is 283 g/mol. The van der Waals surface area contributed by atoms with Crippen molar-refractivity contribution in [2.24, 2.45) is 5.92 Å². The Balaban J connectivity index is 2.16. The topological polar surface area (TPSA) is 0 Å². The van der Waals surface area contributed by atoms with Gasteiger partial charge in [-0.3, -0.25) is 0 Å². The van der Waals surface area contributed by atoms with E-state index in [4.69, 9.17) is 11.6 Å². The number of allylic oxidation sites excluding steroid dienone is 2. The van der Waals surface area contributed by atoms with Crippen LogP contribution in [0.3, 0.4) is 0 Å². The molecule has 0 N–H and O–H groups in total. The van der Waals surface area contributed by atoms with Crippen LogP contribution in [-0.4, -0.2) is 0 Å². The fourth-order valence-corrected chi connectivity index (χ4v) is 3.46. The van der Waals surface area contributed by atoms with Gasteiger partial charge in [0.1, 0.15) is 5.82 Å². The van der Waals surface area contributed by atoms with Gasteiger partial charge in [0.25, 0.3) is 0 Å². The Morgan fingerprint density at radius 2 is 2.05 bits per heavy atom. The van der Waals surface area contributed by atoms with E-state index in [1.807, 2.05) is 12.1 Å². The van der Waals surface area contributed by atoms with Crippen molar-refractivity contribution in [1.29, 1.82) is 0 Å². The van der Waals surface area contributed by atoms with E-state index in [9.17, 15) is 4.39 Å². The minimum absolute atomic E-state index is 0.217. The SMILES string of the molecule is CCCCc1ccc(C2=CCC(CCC)CC2)c(F)c1Cl. The number of unbranched alkanes of at least 4 members (excludes halogenated alkanes) is 1. The van der Waals surface area contributed by atoms with Crippen molar-refractivity contribution in [3.63, 3.8) is 0 Å². The van der Waals surface area contributed by atoms with Crippen molar-refractivity contribution < 1.29 is 4.39 Å². The maximum absolute atomic E-state index is 14.5. The average molecular weight is 309 g/mol. The summed E-state index contributed by atoms with van der Waals surface area (Å²) in [6.45, 7) is 4.37. The van der Waals surface area contributed by atoms with Gasteiger partial charge in [0.2, 0.25) is 0 Å². The van der Waals surface area contributed by atoms with Gasteiger partial charge >= 0.3 is 0 Å². The maximum Gasteiger partial charge on any atom is 0.149 e. The highest BCUT2D eigenvalue weighted by Gasteiger charge is 2.19. The summed E-state index contributed by atoms with van der Waals surface area (Å²) in [6.07, 6.45) is 11.0. The van der Waals surface area contributed by atoms with Gasteiger partial charge < -0.3 is 0 Å². The molecule has 116 valence electrons. The second-order valence-electron chi connectivity index (χ2n) is 6.16. The molecule has 1 aromatic rings. The summed E-state index contributed by atoms with van der Waals surface area (Å²) in [7, 11) is 0. The van der Waals surface area contributed by atoms with Crippen LogP contribution in [0.25, 0.3) is 5.57 Å². The molecule has 0 bridgehead atoms. The lowest BCUT2D eigenvalue weighted by molar-refractivity contribution is 0.444. The van der Waals surface area contributed by atoms with Crippen LogP contribution in [0, 0.1) is 11.7 Å². The summed E-state index contributed by atoms with van der Waals surface area (Å²) < 4.78 is 14.5. The minimum Gasteiger partial charge on any atom is -0.205 e. The summed E-state index contributed by atoms with van der Waals surface area (Å²) in [6, 6.07) is 3.94. The van der Waals surface area contributed by atoms with Gasteiger partial charge in [-0.25, -0.2) is 4.39 Å². The quantitative estimate of drug-likeness (QED) is 0.541. The van der Waals surface area contributed by atoms with Crippen molar-refractivity contribution in [2.45, 2.75) is 65.2 Å². The number of rotatable bonds is 6. The smallest absolute Gasteiger partial charge is 0.149 e. The van der Waals surface area contributed by atoms with Gasteiger partial charge in [-0.2, -0.15) is 0 Å². The van der Waals surface area contributed by atoms with E-state index < -0.39 is 0 Å². The number of aryl methyl sites for hydroxylation is 1. The molecule has 0 fully saturated rings. The number of halogens is 2. The van der Waals surface area contributed by atoms with E-state index in [0.29, 0.717) is 5.02 Å². The van der Waals surface area contributed by atoms with Gasteiger partial charge in [-0.1, -0.05) is 62.9 Å². The number of benzene rings is 1. The first-order chi connectivity index (χ1) is 10.2. The normalized spacial score (nSPS) is 18.7. The largest absolute Gasteiger partial charge is 0.205 e. The van der Waals surface area contributed by atoms with Crippen molar-refractivity contribution in [3.05, 3.63) is 40.2 Å². The average Bonchev–Trinajstić information content (AvgIpc) is 2.50. The first-order valence-electron chi connectivity index (χ1n) is 8.33. The molecule has 0 spiro atoms. The predicted octanol–water partition coefficient (Wildman–Crippen LogP) is 6.81. The third-order valence-corrected chi connectivity index (χ3v) is 4.93. The Morgan fingerprint density at radius 1 is 1.24 bits per heavy atom. The Kier molecular flexibility index (Phi) is 6.29. The van der Waals surface area contributed by atoms with E-state index in [1.54, 1.807) is 0 Å². The molecule has 0 amide bonds. The number of hydrogen-bond acceptors (Lipinski definition) is 0. The molecule has 1 aromatic carbocycles. The second-order valence-corrected chi connectivity index (χ2v) is 6.54. The summed E-state index contributed by atoms with van der Waals surface area (Å²) in [4.78, 5) is 0. The van der Waals surface area contributed by atoms with E-state index in [1.165, 1.54) is 19.3 Å². The van der Waals surface area contributed by atoms with Crippen LogP contribution in [0.4, 0.5) is 4.39 Å². The molecule has 0 nitrogen and oxygen atoms in total. The summed E-state index contributed by atoms with van der Waals surface area (Å²) in [5.41, 5.74) is 2.80. The molecule has 0 heterocycles. The highest BCUT2D eigenvalue weighted by Crippen LogP contribution is 2.36. The molecule has 21 heavy (non-hydrogen) atoms. The molecule has 0 saturated carbocycles. The summed E-state index contributed by atoms with van der Waals surface area (Å²) in [5.74, 6) is 0.562. The zero-order valence-corrected chi connectivity index (χ0v) is 14.0. The molecule has 2 heteroatoms. The van der Waals surface area contributed by atoms with Crippen LogP contribution < -0.4 is 0 Å². The molecule has 1 aliphatic rings. The molecule has 1 unspecified atom stereocenters. The molecule has 0 radical (unpaired) electrons. The summed E-state index contributed by atoms with van der Waals surface area (Å²) >= 11 is 6.23. The van der Waals surface area contributed by atoms with Gasteiger partial charge in [0.05, 0.1) is 5.02 Å². The van der Waals surface area contributed by atoms with Gasteiger partial charge in [-0.05, 0) is 49.2 Å². The van der Waals surface area contributed by atoms with Crippen LogP contribution in [0.15, 0.2) is 18.2 Å². The van der Waals surface area contributed by atoms with E-state index in [2.05, 4.69) is 19.9 Å². The van der Waals surface area contributed by atoms with Crippen molar-refractivity contribution in [3.8, 4) is 0 Å². The van der Waals surface area contributed by atoms with E-state index in [0.717, 1.165) is 54.7 Å². The van der Waals surface area contributed by atoms with Gasteiger partial charge in [-0.15, -0.1) is 0 Å². The Bertz CT molecular complexity index is 505. The number of hydrogen-bond donors (Lipinski definition) is 0. The lowest BCUT2D eigenvalue weighted by Gasteiger charge is -2.22. The highest BCUT2D eigenvalue weighted by molar-refractivity contribution is 6.31. The van der Waals surface area contributed by atoms with Crippen molar-refractivity contribution in [1.82, 2.24) is 0 Å². The Labute approximate surface area is 133 Å². The molecule has 0 aliphatic heterocycles. The van der Waals surface area contributed by atoms with Crippen molar-refractivity contribution >= 4 is 17.2 Å². The standard InChI is InChI=1S/C19H26ClF/c1-3-5-7-16-12-13-17(19(21)18(16)20)15-10-8-14(6-4-2)9-11-15/h10,12-14H,3-9,11H2,1-2H3. The third-order valence-electron chi connectivity index (χ3n) is 4.52. The predicted molar refractivity (Wildman–Crippen MR) is 90.2 cm³/mol. The second kappa shape index (κ2) is 7.98. The lowest BCUT2D eigenvalue weighted by atomic mass is 9.84. The molecule has 1 aliphatic carbocycles. The molecule has 2 rings (SSSR count). The van der Waals surface area contributed by atoms with Crippen LogP contribution in [0.5, 0.6) is 0 Å². The zero-order valence-electron chi connectivity index (χ0n) is 13.2. The summed E-state index contributed by atoms with van der Waals surface area (Å²) in [5, 5.41) is 0.331. The van der Waals surface area contributed by atoms with Gasteiger partial charge in [0.15, 0.2) is 0 Å². The van der Waals surface area contributed by atoms with Crippen LogP contribution in [0.2, 0.25) is 5.02 Å². The van der Waals surface area contributed by atoms with Crippen molar-refractivity contribution in [2.75, 3.05) is 0 Å². The zero-order chi connectivity index (χ0) is 15.2. The monoisotopic (exact) mass is 308 g/mol. The van der Waals surface area contributed by atoms with Crippen LogP contribution in [-0.2, 0) is 6.42 Å². The van der Waals surface area contributed by atoms with Gasteiger partial charge in [0, 0.05) is 5.56 Å². The van der Waals surface area contributed by atoms with Crippen LogP contribution >= 0.6 is 11.6 Å². The molecule has 0 aromatic heterocycles. The fraction of sp³-hybridized carbons (Fsp3) is 0.579. The third kappa shape index (κ3) is 4.10. The Hall–Kier alpha value is -0.820. The first-order valence-corrected chi connectivity index (χ1v) is 8.71. The van der Waals surface area contributed by atoms with E-state index >= 15 is 0 Å². The lowest BCUT2D eigenvalue weighted by Crippen LogP contribution is -2.06. The maximum atomic E-state index is 14.5. The molecular formula is C19H26ClF. The molecule has 1 atom stereocenters. The molecule has 0 saturated heterocycles. The first kappa shape index (κ1) is 16.5. The highest BCUT2D eigenvalue weighted by atomic mass is 35.5. The minimum atomic E-state index is -0.217. The Morgan fingerprint density at radius 3 is 2.67 bits per heavy atom.